The van der Waals surface area contributed by atoms with Crippen LogP contribution < -0.4 is 9.64 Å². The number of aliphatic hydroxyl groups is 1. The first-order chi connectivity index (χ1) is 14.4. The van der Waals surface area contributed by atoms with E-state index < -0.39 is 11.5 Å². The maximum atomic E-state index is 13.2. The number of hydrogen-bond donors (Lipinski definition) is 1. The predicted octanol–water partition coefficient (Wildman–Crippen LogP) is 4.58. The molecule has 2 aromatic carbocycles. The number of nitrogens with zero attached hydrogens (tertiary/aromatic N) is 1. The second kappa shape index (κ2) is 8.46. The number of carbonyl (C=O) groups is 2. The second-order valence-corrected chi connectivity index (χ2v) is 9.65. The summed E-state index contributed by atoms with van der Waals surface area (Å²) in [4.78, 5) is 26.6. The molecular formula is C26H33NO4. The van der Waals surface area contributed by atoms with Gasteiger partial charge in [-0.05, 0) is 55.9 Å². The van der Waals surface area contributed by atoms with Gasteiger partial charge in [0, 0.05) is 18.5 Å². The molecule has 0 spiro atoms. The van der Waals surface area contributed by atoms with Crippen molar-refractivity contribution in [2.75, 3.05) is 18.1 Å². The molecule has 1 aliphatic rings. The summed E-state index contributed by atoms with van der Waals surface area (Å²) in [6.07, 6.45) is 0.393. The van der Waals surface area contributed by atoms with Crippen molar-refractivity contribution in [1.82, 2.24) is 0 Å². The van der Waals surface area contributed by atoms with Gasteiger partial charge in [0.25, 0.3) is 5.91 Å². The van der Waals surface area contributed by atoms with Crippen molar-refractivity contribution in [2.24, 2.45) is 0 Å². The van der Waals surface area contributed by atoms with Gasteiger partial charge in [0.2, 0.25) is 0 Å². The van der Waals surface area contributed by atoms with Crippen molar-refractivity contribution < 1.29 is 19.4 Å². The average molecular weight is 424 g/mol. The summed E-state index contributed by atoms with van der Waals surface area (Å²) in [6, 6.07) is 11.9. The lowest BCUT2D eigenvalue weighted by Gasteiger charge is -2.22. The molecule has 0 fully saturated rings. The van der Waals surface area contributed by atoms with E-state index in [0.717, 1.165) is 16.9 Å². The van der Waals surface area contributed by atoms with Gasteiger partial charge in [-0.3, -0.25) is 9.59 Å². The third-order valence-electron chi connectivity index (χ3n) is 5.78. The lowest BCUT2D eigenvalue weighted by atomic mass is 9.87. The molecule has 3 rings (SSSR count). The Morgan fingerprint density at radius 3 is 2.35 bits per heavy atom. The fourth-order valence-electron chi connectivity index (χ4n) is 4.28. The number of amides is 1. The second-order valence-electron chi connectivity index (χ2n) is 9.65. The van der Waals surface area contributed by atoms with Crippen LogP contribution in [0.25, 0.3) is 0 Å². The van der Waals surface area contributed by atoms with Crippen LogP contribution in [-0.2, 0) is 20.6 Å². The van der Waals surface area contributed by atoms with Crippen LogP contribution >= 0.6 is 0 Å². The molecule has 0 radical (unpaired) electrons. The van der Waals surface area contributed by atoms with Crippen molar-refractivity contribution in [1.29, 1.82) is 0 Å². The summed E-state index contributed by atoms with van der Waals surface area (Å²) in [5.74, 6) is 0.145. The number of hydrogen-bond acceptors (Lipinski definition) is 4. The summed E-state index contributed by atoms with van der Waals surface area (Å²) < 4.78 is 5.87. The molecule has 5 nitrogen and oxygen atoms in total. The highest BCUT2D eigenvalue weighted by Gasteiger charge is 2.50. The number of carbonyl (C=O) groups excluding carboxylic acids is 2. The Balaban J connectivity index is 1.71. The van der Waals surface area contributed by atoms with E-state index in [1.54, 1.807) is 4.90 Å². The maximum Gasteiger partial charge on any atom is 0.264 e. The Morgan fingerprint density at radius 1 is 1.13 bits per heavy atom. The number of ether oxygens (including phenoxy) is 1. The highest BCUT2D eigenvalue weighted by molar-refractivity contribution is 6.09. The SMILES string of the molecule is CC(=O)CC1(O)C(=O)N(CCCOc2ccc(C(C)(C)C)cc2)c2c(C)cc(C)cc21. The minimum Gasteiger partial charge on any atom is -0.494 e. The van der Waals surface area contributed by atoms with Gasteiger partial charge in [-0.15, -0.1) is 0 Å². The van der Waals surface area contributed by atoms with Crippen molar-refractivity contribution >= 4 is 17.4 Å². The summed E-state index contributed by atoms with van der Waals surface area (Å²) >= 11 is 0. The minimum atomic E-state index is -1.79. The monoisotopic (exact) mass is 423 g/mol. The Bertz CT molecular complexity index is 988. The summed E-state index contributed by atoms with van der Waals surface area (Å²) in [5.41, 5.74) is 2.67. The van der Waals surface area contributed by atoms with E-state index >= 15 is 0 Å². The summed E-state index contributed by atoms with van der Waals surface area (Å²) in [6.45, 7) is 12.6. The van der Waals surface area contributed by atoms with E-state index in [9.17, 15) is 14.7 Å². The number of aryl methyl sites for hydroxylation is 2. The molecule has 0 saturated heterocycles. The van der Waals surface area contributed by atoms with Gasteiger partial charge in [-0.1, -0.05) is 50.6 Å². The van der Waals surface area contributed by atoms with E-state index in [1.807, 2.05) is 38.1 Å². The molecule has 166 valence electrons. The van der Waals surface area contributed by atoms with Crippen molar-refractivity contribution in [2.45, 2.75) is 65.4 Å². The standard InChI is InChI=1S/C26H33NO4/c1-17-14-18(2)23-22(15-17)26(30,16-19(3)28)24(29)27(23)12-7-13-31-21-10-8-20(9-11-21)25(4,5)6/h8-11,14-15,30H,7,12-13,16H2,1-6H3. The zero-order valence-corrected chi connectivity index (χ0v) is 19.4. The molecule has 1 amide bonds. The zero-order chi connectivity index (χ0) is 23.0. The predicted molar refractivity (Wildman–Crippen MR) is 123 cm³/mol. The van der Waals surface area contributed by atoms with Crippen molar-refractivity contribution in [3.63, 3.8) is 0 Å². The number of rotatable bonds is 7. The number of benzene rings is 2. The first-order valence-electron chi connectivity index (χ1n) is 10.8. The van der Waals surface area contributed by atoms with E-state index in [2.05, 4.69) is 32.9 Å². The normalized spacial score (nSPS) is 18.3. The highest BCUT2D eigenvalue weighted by atomic mass is 16.5. The van der Waals surface area contributed by atoms with E-state index in [1.165, 1.54) is 12.5 Å². The molecule has 0 saturated carbocycles. The Hall–Kier alpha value is -2.66. The van der Waals surface area contributed by atoms with Crippen LogP contribution in [0.15, 0.2) is 36.4 Å². The summed E-state index contributed by atoms with van der Waals surface area (Å²) in [7, 11) is 0. The van der Waals surface area contributed by atoms with Gasteiger partial charge >= 0.3 is 0 Å². The lowest BCUT2D eigenvalue weighted by molar-refractivity contribution is -0.141. The van der Waals surface area contributed by atoms with Gasteiger partial charge in [0.05, 0.1) is 12.3 Å². The van der Waals surface area contributed by atoms with Gasteiger partial charge in [-0.25, -0.2) is 0 Å². The van der Waals surface area contributed by atoms with Crippen LogP contribution in [0.3, 0.4) is 0 Å². The molecule has 2 aromatic rings. The first kappa shape index (κ1) is 23.0. The zero-order valence-electron chi connectivity index (χ0n) is 19.4. The third kappa shape index (κ3) is 4.67. The fourth-order valence-corrected chi connectivity index (χ4v) is 4.28. The molecular weight excluding hydrogens is 390 g/mol. The molecule has 1 N–H and O–H groups in total. The Morgan fingerprint density at radius 2 is 1.77 bits per heavy atom. The van der Waals surface area contributed by atoms with E-state index in [0.29, 0.717) is 30.8 Å². The number of anilines is 1. The molecule has 0 aliphatic carbocycles. The molecule has 5 heteroatoms. The van der Waals surface area contributed by atoms with Crippen LogP contribution in [0.1, 0.15) is 62.8 Å². The molecule has 0 aromatic heterocycles. The van der Waals surface area contributed by atoms with Gasteiger partial charge in [0.1, 0.15) is 11.5 Å². The molecule has 0 bridgehead atoms. The van der Waals surface area contributed by atoms with Crippen LogP contribution in [0, 0.1) is 13.8 Å². The lowest BCUT2D eigenvalue weighted by Crippen LogP contribution is -2.42. The van der Waals surface area contributed by atoms with E-state index in [4.69, 9.17) is 4.74 Å². The topological polar surface area (TPSA) is 66.8 Å². The molecule has 1 aliphatic heterocycles. The molecule has 1 atom stereocenters. The van der Waals surface area contributed by atoms with E-state index in [-0.39, 0.29) is 17.6 Å². The first-order valence-corrected chi connectivity index (χ1v) is 10.8. The van der Waals surface area contributed by atoms with Crippen molar-refractivity contribution in [3.05, 3.63) is 58.7 Å². The van der Waals surface area contributed by atoms with Crippen molar-refractivity contribution in [3.8, 4) is 5.75 Å². The molecule has 1 unspecified atom stereocenters. The number of fused-ring (bicyclic) bond motifs is 1. The smallest absolute Gasteiger partial charge is 0.264 e. The average Bonchev–Trinajstić information content (AvgIpc) is 2.86. The van der Waals surface area contributed by atoms with Crippen LogP contribution in [0.5, 0.6) is 5.75 Å². The fraction of sp³-hybridized carbons (Fsp3) is 0.462. The van der Waals surface area contributed by atoms with Crippen LogP contribution in [0.4, 0.5) is 5.69 Å². The van der Waals surface area contributed by atoms with Crippen LogP contribution in [0.2, 0.25) is 0 Å². The summed E-state index contributed by atoms with van der Waals surface area (Å²) in [5, 5.41) is 11.2. The van der Waals surface area contributed by atoms with Crippen LogP contribution in [-0.4, -0.2) is 29.9 Å². The van der Waals surface area contributed by atoms with Gasteiger partial charge < -0.3 is 14.7 Å². The maximum absolute atomic E-state index is 13.2. The van der Waals surface area contributed by atoms with Gasteiger partial charge in [-0.2, -0.15) is 0 Å². The quantitative estimate of drug-likeness (QED) is 0.662. The Labute approximate surface area is 185 Å². The molecule has 1 heterocycles. The molecule has 31 heavy (non-hydrogen) atoms. The minimum absolute atomic E-state index is 0.0922. The number of Topliss-reactive ketones (excluding diaryl/α,β-unsaturated/α-hetero) is 1. The Kier molecular flexibility index (Phi) is 6.28. The van der Waals surface area contributed by atoms with Gasteiger partial charge in [0.15, 0.2) is 5.60 Å². The number of ketones is 1. The largest absolute Gasteiger partial charge is 0.494 e. The highest BCUT2D eigenvalue weighted by Crippen LogP contribution is 2.45. The third-order valence-corrected chi connectivity index (χ3v) is 5.78.